The Morgan fingerprint density at radius 2 is 2.10 bits per heavy atom. The molecule has 6 nitrogen and oxygen atoms in total. The van der Waals surface area contributed by atoms with Crippen molar-refractivity contribution in [3.8, 4) is 11.5 Å². The molecule has 0 aliphatic rings. The van der Waals surface area contributed by atoms with Gasteiger partial charge in [-0.1, -0.05) is 18.2 Å². The molecule has 6 heteroatoms. The maximum Gasteiger partial charge on any atom is 0.396 e. The van der Waals surface area contributed by atoms with Crippen LogP contribution in [0.3, 0.4) is 0 Å². The monoisotopic (exact) mass is 283 g/mol. The number of aromatic nitrogens is 3. The minimum atomic E-state index is -0.619. The summed E-state index contributed by atoms with van der Waals surface area (Å²) in [5.74, 6) is -0.489. The Kier molecular flexibility index (Phi) is 3.35. The largest absolute Gasteiger partial charge is 0.459 e. The van der Waals surface area contributed by atoms with Crippen molar-refractivity contribution in [2.75, 3.05) is 6.61 Å². The fourth-order valence-corrected chi connectivity index (χ4v) is 2.09. The van der Waals surface area contributed by atoms with Gasteiger partial charge in [-0.05, 0) is 26.0 Å². The SMILES string of the molecule is CCOC(=O)c1nnc(-c2cc(C)nc3ccccc23)o1. The average Bonchev–Trinajstić information content (AvgIpc) is 2.96. The van der Waals surface area contributed by atoms with Crippen molar-refractivity contribution >= 4 is 16.9 Å². The van der Waals surface area contributed by atoms with Gasteiger partial charge in [0.15, 0.2) is 0 Å². The molecule has 2 aromatic heterocycles. The van der Waals surface area contributed by atoms with E-state index in [1.807, 2.05) is 37.3 Å². The van der Waals surface area contributed by atoms with Crippen LogP contribution in [0.5, 0.6) is 0 Å². The van der Waals surface area contributed by atoms with Crippen molar-refractivity contribution in [3.05, 3.63) is 41.9 Å². The zero-order valence-electron chi connectivity index (χ0n) is 11.7. The van der Waals surface area contributed by atoms with Crippen molar-refractivity contribution in [2.24, 2.45) is 0 Å². The maximum absolute atomic E-state index is 11.6. The van der Waals surface area contributed by atoms with Gasteiger partial charge in [-0.15, -0.1) is 10.2 Å². The molecule has 0 aliphatic carbocycles. The number of benzene rings is 1. The number of aryl methyl sites for hydroxylation is 1. The number of fused-ring (bicyclic) bond motifs is 1. The molecule has 106 valence electrons. The van der Waals surface area contributed by atoms with Crippen LogP contribution in [0.2, 0.25) is 0 Å². The summed E-state index contributed by atoms with van der Waals surface area (Å²) in [6.45, 7) is 3.86. The van der Waals surface area contributed by atoms with Crippen LogP contribution >= 0.6 is 0 Å². The molecule has 0 unspecified atom stereocenters. The van der Waals surface area contributed by atoms with E-state index in [1.165, 1.54) is 0 Å². The number of carbonyl (C=O) groups excluding carboxylic acids is 1. The first-order valence-corrected chi connectivity index (χ1v) is 6.56. The van der Waals surface area contributed by atoms with Crippen LogP contribution in [-0.4, -0.2) is 27.8 Å². The number of nitrogens with zero attached hydrogens (tertiary/aromatic N) is 3. The molecule has 0 atom stereocenters. The summed E-state index contributed by atoms with van der Waals surface area (Å²) in [5.41, 5.74) is 2.42. The van der Waals surface area contributed by atoms with Crippen LogP contribution in [0.1, 0.15) is 23.3 Å². The smallest absolute Gasteiger partial charge is 0.396 e. The summed E-state index contributed by atoms with van der Waals surface area (Å²) in [6, 6.07) is 9.51. The van der Waals surface area contributed by atoms with Crippen molar-refractivity contribution < 1.29 is 13.9 Å². The van der Waals surface area contributed by atoms with Crippen LogP contribution in [-0.2, 0) is 4.74 Å². The lowest BCUT2D eigenvalue weighted by Gasteiger charge is -2.03. The first-order valence-electron chi connectivity index (χ1n) is 6.56. The molecule has 0 saturated heterocycles. The lowest BCUT2D eigenvalue weighted by Crippen LogP contribution is -2.04. The van der Waals surface area contributed by atoms with Crippen molar-refractivity contribution in [1.82, 2.24) is 15.2 Å². The molecule has 0 N–H and O–H groups in total. The normalized spacial score (nSPS) is 10.8. The Balaban J connectivity index is 2.10. The molecule has 0 spiro atoms. The summed E-state index contributed by atoms with van der Waals surface area (Å²) in [5, 5.41) is 8.56. The number of ether oxygens (including phenoxy) is 1. The van der Waals surface area contributed by atoms with E-state index in [-0.39, 0.29) is 18.4 Å². The van der Waals surface area contributed by atoms with Gasteiger partial charge in [0.25, 0.3) is 0 Å². The van der Waals surface area contributed by atoms with E-state index in [9.17, 15) is 4.79 Å². The number of hydrogen-bond acceptors (Lipinski definition) is 6. The molecular weight excluding hydrogens is 270 g/mol. The van der Waals surface area contributed by atoms with E-state index < -0.39 is 5.97 Å². The molecule has 1 aromatic carbocycles. The number of para-hydroxylation sites is 1. The molecule has 3 aromatic rings. The zero-order valence-corrected chi connectivity index (χ0v) is 11.7. The predicted molar refractivity (Wildman–Crippen MR) is 75.7 cm³/mol. The molecule has 3 rings (SSSR count). The lowest BCUT2D eigenvalue weighted by molar-refractivity contribution is 0.0481. The van der Waals surface area contributed by atoms with Crippen LogP contribution in [0.15, 0.2) is 34.7 Å². The highest BCUT2D eigenvalue weighted by Crippen LogP contribution is 2.27. The van der Waals surface area contributed by atoms with Gasteiger partial charge in [0.2, 0.25) is 5.89 Å². The second-order valence-electron chi connectivity index (χ2n) is 4.46. The van der Waals surface area contributed by atoms with Gasteiger partial charge in [0.05, 0.1) is 17.7 Å². The number of hydrogen-bond donors (Lipinski definition) is 0. The Morgan fingerprint density at radius 1 is 1.29 bits per heavy atom. The predicted octanol–water partition coefficient (Wildman–Crippen LogP) is 2.77. The van der Waals surface area contributed by atoms with E-state index in [1.54, 1.807) is 6.92 Å². The van der Waals surface area contributed by atoms with Gasteiger partial charge in [0.1, 0.15) is 0 Å². The average molecular weight is 283 g/mol. The first kappa shape index (κ1) is 13.2. The summed E-state index contributed by atoms with van der Waals surface area (Å²) in [6.07, 6.45) is 0. The second-order valence-corrected chi connectivity index (χ2v) is 4.46. The van der Waals surface area contributed by atoms with E-state index in [0.717, 1.165) is 22.2 Å². The highest BCUT2D eigenvalue weighted by Gasteiger charge is 2.18. The van der Waals surface area contributed by atoms with Crippen molar-refractivity contribution in [3.63, 3.8) is 0 Å². The highest BCUT2D eigenvalue weighted by atomic mass is 16.5. The number of pyridine rings is 1. The van der Waals surface area contributed by atoms with Crippen molar-refractivity contribution in [1.29, 1.82) is 0 Å². The van der Waals surface area contributed by atoms with Gasteiger partial charge < -0.3 is 9.15 Å². The molecule has 2 heterocycles. The molecule has 0 fully saturated rings. The van der Waals surface area contributed by atoms with E-state index in [4.69, 9.17) is 9.15 Å². The number of carbonyl (C=O) groups is 1. The molecule has 0 amide bonds. The Morgan fingerprint density at radius 3 is 2.90 bits per heavy atom. The Bertz CT molecular complexity index is 811. The standard InChI is InChI=1S/C15H13N3O3/c1-3-20-15(19)14-18-17-13(21-14)11-8-9(2)16-12-7-5-4-6-10(11)12/h4-8H,3H2,1-2H3. The van der Waals surface area contributed by atoms with Gasteiger partial charge in [-0.2, -0.15) is 0 Å². The van der Waals surface area contributed by atoms with Crippen LogP contribution in [0.4, 0.5) is 0 Å². The van der Waals surface area contributed by atoms with Gasteiger partial charge in [0, 0.05) is 11.1 Å². The third kappa shape index (κ3) is 2.47. The van der Waals surface area contributed by atoms with Gasteiger partial charge in [-0.25, -0.2) is 4.79 Å². The third-order valence-corrected chi connectivity index (χ3v) is 2.95. The molecule has 0 saturated carbocycles. The minimum Gasteiger partial charge on any atom is -0.459 e. The van der Waals surface area contributed by atoms with Gasteiger partial charge in [-0.3, -0.25) is 4.98 Å². The lowest BCUT2D eigenvalue weighted by atomic mass is 10.1. The Hall–Kier alpha value is -2.76. The topological polar surface area (TPSA) is 78.1 Å². The summed E-state index contributed by atoms with van der Waals surface area (Å²) < 4.78 is 10.3. The second kappa shape index (κ2) is 5.32. The highest BCUT2D eigenvalue weighted by molar-refractivity contribution is 5.93. The first-order chi connectivity index (χ1) is 10.2. The maximum atomic E-state index is 11.6. The van der Waals surface area contributed by atoms with Crippen LogP contribution in [0.25, 0.3) is 22.4 Å². The summed E-state index contributed by atoms with van der Waals surface area (Å²) in [4.78, 5) is 16.0. The molecule has 21 heavy (non-hydrogen) atoms. The summed E-state index contributed by atoms with van der Waals surface area (Å²) >= 11 is 0. The Labute approximate surface area is 120 Å². The molecule has 0 radical (unpaired) electrons. The van der Waals surface area contributed by atoms with E-state index >= 15 is 0 Å². The van der Waals surface area contributed by atoms with E-state index in [0.29, 0.717) is 0 Å². The fraction of sp³-hybridized carbons (Fsp3) is 0.200. The zero-order chi connectivity index (χ0) is 14.8. The van der Waals surface area contributed by atoms with Crippen LogP contribution in [0, 0.1) is 6.92 Å². The molecule has 0 bridgehead atoms. The summed E-state index contributed by atoms with van der Waals surface area (Å²) in [7, 11) is 0. The van der Waals surface area contributed by atoms with Gasteiger partial charge >= 0.3 is 11.9 Å². The number of rotatable bonds is 3. The fourth-order valence-electron chi connectivity index (χ4n) is 2.09. The van der Waals surface area contributed by atoms with E-state index in [2.05, 4.69) is 15.2 Å². The van der Waals surface area contributed by atoms with Crippen LogP contribution < -0.4 is 0 Å². The quantitative estimate of drug-likeness (QED) is 0.688. The molecular formula is C15H13N3O3. The number of esters is 1. The minimum absolute atomic E-state index is 0.148. The van der Waals surface area contributed by atoms with Crippen molar-refractivity contribution in [2.45, 2.75) is 13.8 Å². The third-order valence-electron chi connectivity index (χ3n) is 2.95. The molecule has 0 aliphatic heterocycles.